The minimum Gasteiger partial charge on any atom is -0.126 e. The van der Waals surface area contributed by atoms with Crippen molar-refractivity contribution in [3.63, 3.8) is 0 Å². The molecule has 0 aromatic heterocycles. The van der Waals surface area contributed by atoms with Gasteiger partial charge in [0.15, 0.2) is 0 Å². The second-order valence-electron chi connectivity index (χ2n) is 4.42. The maximum absolute atomic E-state index is 6.01. The molecule has 0 bridgehead atoms. The first-order valence-electron chi connectivity index (χ1n) is 5.09. The number of hydrogen-bond donors (Lipinski definition) is 0. The van der Waals surface area contributed by atoms with E-state index in [0.717, 1.165) is 5.88 Å². The van der Waals surface area contributed by atoms with Crippen LogP contribution in [-0.2, 0) is 0 Å². The Morgan fingerprint density at radius 2 is 2.17 bits per heavy atom. The monoisotopic (exact) mass is 184 g/mol. The van der Waals surface area contributed by atoms with Gasteiger partial charge in [-0.3, -0.25) is 0 Å². The topological polar surface area (TPSA) is 0 Å². The van der Waals surface area contributed by atoms with Crippen LogP contribution in [0.25, 0.3) is 0 Å². The molecule has 0 heterocycles. The van der Waals surface area contributed by atoms with Crippen LogP contribution in [0, 0.1) is 5.41 Å². The van der Waals surface area contributed by atoms with Crippen molar-refractivity contribution in [2.24, 2.45) is 5.41 Å². The molecular weight excluding hydrogens is 168 g/mol. The molecule has 0 saturated heterocycles. The van der Waals surface area contributed by atoms with E-state index in [2.05, 4.69) is 6.08 Å². The van der Waals surface area contributed by atoms with Crippen molar-refractivity contribution in [2.75, 3.05) is 5.88 Å². The zero-order valence-corrected chi connectivity index (χ0v) is 8.37. The van der Waals surface area contributed by atoms with Gasteiger partial charge in [-0.1, -0.05) is 18.1 Å². The molecule has 0 aromatic rings. The molecule has 0 atom stereocenters. The van der Waals surface area contributed by atoms with E-state index in [9.17, 15) is 0 Å². The van der Waals surface area contributed by atoms with Gasteiger partial charge in [-0.2, -0.15) is 0 Å². The summed E-state index contributed by atoms with van der Waals surface area (Å²) in [5.74, 6) is 0.879. The van der Waals surface area contributed by atoms with Gasteiger partial charge in [0.05, 0.1) is 0 Å². The quantitative estimate of drug-likeness (QED) is 0.461. The lowest BCUT2D eigenvalue weighted by atomic mass is 9.66. The summed E-state index contributed by atoms with van der Waals surface area (Å²) >= 11 is 6.01. The lowest BCUT2D eigenvalue weighted by Gasteiger charge is -2.41. The van der Waals surface area contributed by atoms with Crippen molar-refractivity contribution >= 4 is 11.6 Å². The maximum Gasteiger partial charge on any atom is 0.0283 e. The lowest BCUT2D eigenvalue weighted by Crippen LogP contribution is -2.31. The number of alkyl halides is 1. The number of rotatable bonds is 3. The van der Waals surface area contributed by atoms with Crippen molar-refractivity contribution in [1.82, 2.24) is 0 Å². The van der Waals surface area contributed by atoms with Gasteiger partial charge < -0.3 is 0 Å². The Balaban J connectivity index is 1.91. The second-order valence-corrected chi connectivity index (χ2v) is 4.69. The maximum atomic E-state index is 6.01. The summed E-state index contributed by atoms with van der Waals surface area (Å²) in [6.45, 7) is 0. The Bertz CT molecular complexity index is 184. The lowest BCUT2D eigenvalue weighted by molar-refractivity contribution is 0.165. The molecule has 2 aliphatic rings. The highest BCUT2D eigenvalue weighted by molar-refractivity contribution is 6.18. The van der Waals surface area contributed by atoms with Gasteiger partial charge in [0, 0.05) is 5.88 Å². The highest BCUT2D eigenvalue weighted by atomic mass is 35.5. The molecule has 0 nitrogen and oxygen atoms in total. The Morgan fingerprint density at radius 1 is 1.33 bits per heavy atom. The van der Waals surface area contributed by atoms with Crippen LogP contribution in [0.5, 0.6) is 0 Å². The van der Waals surface area contributed by atoms with Crippen molar-refractivity contribution in [1.29, 1.82) is 0 Å². The summed E-state index contributed by atoms with van der Waals surface area (Å²) in [6, 6.07) is 0. The van der Waals surface area contributed by atoms with E-state index in [1.807, 2.05) is 0 Å². The minimum atomic E-state index is 0.526. The number of halogens is 1. The van der Waals surface area contributed by atoms with Crippen LogP contribution in [-0.4, -0.2) is 5.88 Å². The van der Waals surface area contributed by atoms with E-state index < -0.39 is 0 Å². The molecule has 0 unspecified atom stereocenters. The first-order chi connectivity index (χ1) is 5.85. The van der Waals surface area contributed by atoms with Crippen LogP contribution < -0.4 is 0 Å². The first kappa shape index (κ1) is 8.62. The Labute approximate surface area is 80.0 Å². The van der Waals surface area contributed by atoms with Crippen molar-refractivity contribution in [3.05, 3.63) is 11.6 Å². The van der Waals surface area contributed by atoms with Gasteiger partial charge in [0.2, 0.25) is 0 Å². The summed E-state index contributed by atoms with van der Waals surface area (Å²) in [4.78, 5) is 0. The van der Waals surface area contributed by atoms with Gasteiger partial charge in [-0.05, 0) is 43.9 Å². The van der Waals surface area contributed by atoms with Crippen LogP contribution in [0.2, 0.25) is 0 Å². The second kappa shape index (κ2) is 3.41. The van der Waals surface area contributed by atoms with Crippen molar-refractivity contribution < 1.29 is 0 Å². The molecule has 12 heavy (non-hydrogen) atoms. The Morgan fingerprint density at radius 3 is 2.58 bits per heavy atom. The third-order valence-electron chi connectivity index (χ3n) is 3.43. The standard InChI is InChI=1S/C11H17Cl/c12-9-11(6-3-7-11)8-10-4-1-2-5-10/h4H,1-3,5-9H2. The molecule has 0 radical (unpaired) electrons. The van der Waals surface area contributed by atoms with Gasteiger partial charge in [-0.15, -0.1) is 11.6 Å². The SMILES string of the molecule is ClCC1(CC2=CCCC2)CCC1. The molecule has 2 aliphatic carbocycles. The molecular formula is C11H17Cl. The number of allylic oxidation sites excluding steroid dienone is 2. The van der Waals surface area contributed by atoms with E-state index in [0.29, 0.717) is 5.41 Å². The molecule has 0 N–H and O–H groups in total. The Kier molecular flexibility index (Phi) is 2.45. The molecule has 1 fully saturated rings. The summed E-state index contributed by atoms with van der Waals surface area (Å²) in [5.41, 5.74) is 2.22. The third-order valence-corrected chi connectivity index (χ3v) is 4.00. The van der Waals surface area contributed by atoms with E-state index in [4.69, 9.17) is 11.6 Å². The highest BCUT2D eigenvalue weighted by Gasteiger charge is 2.36. The summed E-state index contributed by atoms with van der Waals surface area (Å²) in [7, 11) is 0. The molecule has 0 aromatic carbocycles. The highest BCUT2D eigenvalue weighted by Crippen LogP contribution is 2.47. The van der Waals surface area contributed by atoms with E-state index in [1.165, 1.54) is 44.9 Å². The molecule has 68 valence electrons. The van der Waals surface area contributed by atoms with Crippen molar-refractivity contribution in [3.8, 4) is 0 Å². The van der Waals surface area contributed by atoms with Gasteiger partial charge in [-0.25, -0.2) is 0 Å². The molecule has 0 amide bonds. The average molecular weight is 185 g/mol. The molecule has 1 saturated carbocycles. The Hall–Kier alpha value is 0.0300. The molecule has 2 rings (SSSR count). The van der Waals surface area contributed by atoms with Crippen LogP contribution in [0.4, 0.5) is 0 Å². The summed E-state index contributed by atoms with van der Waals surface area (Å²) < 4.78 is 0. The smallest absolute Gasteiger partial charge is 0.0283 e. The van der Waals surface area contributed by atoms with Gasteiger partial charge in [0.1, 0.15) is 0 Å². The molecule has 0 spiro atoms. The fraction of sp³-hybridized carbons (Fsp3) is 0.818. The summed E-state index contributed by atoms with van der Waals surface area (Å²) in [6.07, 6.45) is 11.9. The minimum absolute atomic E-state index is 0.526. The van der Waals surface area contributed by atoms with Gasteiger partial charge >= 0.3 is 0 Å². The van der Waals surface area contributed by atoms with Crippen LogP contribution in [0.15, 0.2) is 11.6 Å². The predicted octanol–water partition coefficient (Wildman–Crippen LogP) is 3.90. The zero-order valence-electron chi connectivity index (χ0n) is 7.61. The van der Waals surface area contributed by atoms with Gasteiger partial charge in [0.25, 0.3) is 0 Å². The third kappa shape index (κ3) is 1.54. The fourth-order valence-electron chi connectivity index (χ4n) is 2.41. The predicted molar refractivity (Wildman–Crippen MR) is 53.6 cm³/mol. The van der Waals surface area contributed by atoms with E-state index in [1.54, 1.807) is 5.57 Å². The van der Waals surface area contributed by atoms with E-state index >= 15 is 0 Å². The summed E-state index contributed by atoms with van der Waals surface area (Å²) in [5, 5.41) is 0. The molecule has 0 aliphatic heterocycles. The largest absolute Gasteiger partial charge is 0.126 e. The molecule has 1 heteroatoms. The van der Waals surface area contributed by atoms with Crippen LogP contribution in [0.3, 0.4) is 0 Å². The van der Waals surface area contributed by atoms with Crippen molar-refractivity contribution in [2.45, 2.75) is 44.9 Å². The first-order valence-corrected chi connectivity index (χ1v) is 5.62. The van der Waals surface area contributed by atoms with Crippen LogP contribution in [0.1, 0.15) is 44.9 Å². The van der Waals surface area contributed by atoms with E-state index in [-0.39, 0.29) is 0 Å². The zero-order chi connectivity index (χ0) is 8.44. The normalized spacial score (nSPS) is 26.6. The average Bonchev–Trinajstić information content (AvgIpc) is 2.49. The number of hydrogen-bond acceptors (Lipinski definition) is 0. The fourth-order valence-corrected chi connectivity index (χ4v) is 2.78. The van der Waals surface area contributed by atoms with Crippen LogP contribution >= 0.6 is 11.6 Å².